The second-order valence-electron chi connectivity index (χ2n) is 3.61. The highest BCUT2D eigenvalue weighted by atomic mass is 35.5. The molecule has 4 heteroatoms. The molecule has 0 atom stereocenters. The van der Waals surface area contributed by atoms with Crippen LogP contribution in [0.1, 0.15) is 11.1 Å². The van der Waals surface area contributed by atoms with Crippen LogP contribution >= 0.6 is 11.6 Å². The Morgan fingerprint density at radius 3 is 3.07 bits per heavy atom. The molecule has 0 aliphatic carbocycles. The quantitative estimate of drug-likeness (QED) is 0.737. The van der Waals surface area contributed by atoms with Gasteiger partial charge >= 0.3 is 0 Å². The molecule has 0 bridgehead atoms. The van der Waals surface area contributed by atoms with Gasteiger partial charge in [0.05, 0.1) is 0 Å². The highest BCUT2D eigenvalue weighted by Gasteiger charge is 2.21. The van der Waals surface area contributed by atoms with Crippen molar-refractivity contribution in [2.45, 2.75) is 13.0 Å². The lowest BCUT2D eigenvalue weighted by Gasteiger charge is -2.28. The minimum Gasteiger partial charge on any atom is -0.508 e. The zero-order valence-electron chi connectivity index (χ0n) is 8.24. The first-order chi connectivity index (χ1) is 7.22. The number of phenolic OH excluding ortho intramolecular Hbond substituents is 1. The average molecular weight is 226 g/mol. The summed E-state index contributed by atoms with van der Waals surface area (Å²) in [5.41, 5.74) is 1.97. The maximum absolute atomic E-state index is 11.4. The number of hydrogen-bond donors (Lipinski definition) is 1. The molecule has 1 aliphatic heterocycles. The van der Waals surface area contributed by atoms with Crippen molar-refractivity contribution in [2.24, 2.45) is 0 Å². The summed E-state index contributed by atoms with van der Waals surface area (Å²) in [5, 5.41) is 9.61. The molecule has 0 radical (unpaired) electrons. The molecule has 0 unspecified atom stereocenters. The number of carbonyl (C=O) groups excluding carboxylic acids is 1. The van der Waals surface area contributed by atoms with Gasteiger partial charge in [-0.05, 0) is 18.1 Å². The molecule has 0 aromatic heterocycles. The first-order valence-electron chi connectivity index (χ1n) is 4.86. The van der Waals surface area contributed by atoms with Crippen LogP contribution in [-0.4, -0.2) is 28.3 Å². The number of amides is 1. The zero-order chi connectivity index (χ0) is 10.8. The van der Waals surface area contributed by atoms with Gasteiger partial charge in [-0.1, -0.05) is 12.1 Å². The molecule has 1 aliphatic rings. The average Bonchev–Trinajstić information content (AvgIpc) is 2.28. The molecule has 1 aromatic rings. The van der Waals surface area contributed by atoms with Gasteiger partial charge in [0.1, 0.15) is 11.6 Å². The number of aromatic hydroxyl groups is 1. The van der Waals surface area contributed by atoms with Crippen molar-refractivity contribution in [3.05, 3.63) is 29.3 Å². The van der Waals surface area contributed by atoms with E-state index in [2.05, 4.69) is 0 Å². The van der Waals surface area contributed by atoms with Crippen molar-refractivity contribution in [1.29, 1.82) is 0 Å². The van der Waals surface area contributed by atoms with Crippen LogP contribution in [0.15, 0.2) is 18.2 Å². The molecule has 80 valence electrons. The lowest BCUT2D eigenvalue weighted by atomic mass is 9.99. The van der Waals surface area contributed by atoms with Gasteiger partial charge in [0, 0.05) is 18.7 Å². The van der Waals surface area contributed by atoms with Gasteiger partial charge in [0.25, 0.3) is 0 Å². The molecule has 0 fully saturated rings. The number of benzene rings is 1. The van der Waals surface area contributed by atoms with Gasteiger partial charge in [-0.15, -0.1) is 11.6 Å². The molecule has 1 heterocycles. The van der Waals surface area contributed by atoms with E-state index in [0.717, 1.165) is 11.1 Å². The maximum Gasteiger partial charge on any atom is 0.237 e. The van der Waals surface area contributed by atoms with E-state index in [4.69, 9.17) is 11.6 Å². The van der Waals surface area contributed by atoms with Gasteiger partial charge < -0.3 is 10.0 Å². The Bertz CT molecular complexity index is 392. The van der Waals surface area contributed by atoms with Crippen LogP contribution in [0.2, 0.25) is 0 Å². The van der Waals surface area contributed by atoms with Gasteiger partial charge in [-0.2, -0.15) is 0 Å². The first kappa shape index (κ1) is 10.3. The molecular weight excluding hydrogens is 214 g/mol. The van der Waals surface area contributed by atoms with E-state index in [9.17, 15) is 9.90 Å². The zero-order valence-corrected chi connectivity index (χ0v) is 9.00. The molecule has 1 N–H and O–H groups in total. The molecule has 15 heavy (non-hydrogen) atoms. The van der Waals surface area contributed by atoms with Crippen LogP contribution in [0.4, 0.5) is 0 Å². The number of fused-ring (bicyclic) bond motifs is 1. The SMILES string of the molecule is O=C(CCl)N1CCc2c(O)cccc2C1. The van der Waals surface area contributed by atoms with E-state index in [1.165, 1.54) is 0 Å². The van der Waals surface area contributed by atoms with Gasteiger partial charge in [0.15, 0.2) is 0 Å². The standard InChI is InChI=1S/C11H12ClNO2/c12-6-11(15)13-5-4-9-8(7-13)2-1-3-10(9)14/h1-3,14H,4-7H2. The Labute approximate surface area is 93.3 Å². The largest absolute Gasteiger partial charge is 0.508 e. The summed E-state index contributed by atoms with van der Waals surface area (Å²) in [7, 11) is 0. The number of hydrogen-bond acceptors (Lipinski definition) is 2. The van der Waals surface area contributed by atoms with Crippen LogP contribution in [-0.2, 0) is 17.8 Å². The highest BCUT2D eigenvalue weighted by Crippen LogP contribution is 2.26. The lowest BCUT2D eigenvalue weighted by molar-refractivity contribution is -0.129. The van der Waals surface area contributed by atoms with Crippen molar-refractivity contribution in [1.82, 2.24) is 4.90 Å². The Hall–Kier alpha value is -1.22. The fourth-order valence-corrected chi connectivity index (χ4v) is 2.06. The molecule has 0 spiro atoms. The predicted molar refractivity (Wildman–Crippen MR) is 57.9 cm³/mol. The summed E-state index contributed by atoms with van der Waals surface area (Å²) >= 11 is 5.50. The van der Waals surface area contributed by atoms with E-state index in [0.29, 0.717) is 25.3 Å². The van der Waals surface area contributed by atoms with Crippen molar-refractivity contribution in [2.75, 3.05) is 12.4 Å². The van der Waals surface area contributed by atoms with E-state index in [1.54, 1.807) is 17.0 Å². The van der Waals surface area contributed by atoms with E-state index in [-0.39, 0.29) is 11.8 Å². The Morgan fingerprint density at radius 1 is 1.53 bits per heavy atom. The minimum absolute atomic E-state index is 0.0220. The van der Waals surface area contributed by atoms with Gasteiger partial charge in [-0.3, -0.25) is 4.79 Å². The van der Waals surface area contributed by atoms with Crippen LogP contribution in [0.25, 0.3) is 0 Å². The third kappa shape index (κ3) is 1.92. The Kier molecular flexibility index (Phi) is 2.82. The summed E-state index contributed by atoms with van der Waals surface area (Å²) in [6.45, 7) is 1.19. The topological polar surface area (TPSA) is 40.5 Å². The number of halogens is 1. The molecule has 1 amide bonds. The molecule has 0 saturated heterocycles. The monoisotopic (exact) mass is 225 g/mol. The number of carbonyl (C=O) groups is 1. The maximum atomic E-state index is 11.4. The number of rotatable bonds is 1. The predicted octanol–water partition coefficient (Wildman–Crippen LogP) is 1.52. The third-order valence-electron chi connectivity index (χ3n) is 2.71. The molecule has 3 nitrogen and oxygen atoms in total. The van der Waals surface area contributed by atoms with Crippen LogP contribution in [0.5, 0.6) is 5.75 Å². The molecule has 1 aromatic carbocycles. The second-order valence-corrected chi connectivity index (χ2v) is 3.88. The van der Waals surface area contributed by atoms with Crippen molar-refractivity contribution in [3.63, 3.8) is 0 Å². The third-order valence-corrected chi connectivity index (χ3v) is 2.94. The second kappa shape index (κ2) is 4.11. The fourth-order valence-electron chi connectivity index (χ4n) is 1.89. The molecule has 0 saturated carbocycles. The summed E-state index contributed by atoms with van der Waals surface area (Å²) in [4.78, 5) is 13.1. The smallest absolute Gasteiger partial charge is 0.237 e. The van der Waals surface area contributed by atoms with E-state index >= 15 is 0 Å². The Morgan fingerprint density at radius 2 is 2.33 bits per heavy atom. The van der Waals surface area contributed by atoms with E-state index < -0.39 is 0 Å². The summed E-state index contributed by atoms with van der Waals surface area (Å²) in [6, 6.07) is 5.41. The number of phenols is 1. The van der Waals surface area contributed by atoms with E-state index in [1.807, 2.05) is 6.07 Å². The Balaban J connectivity index is 2.24. The first-order valence-corrected chi connectivity index (χ1v) is 5.39. The van der Waals surface area contributed by atoms with Crippen molar-refractivity contribution >= 4 is 17.5 Å². The summed E-state index contributed by atoms with van der Waals surface area (Å²) < 4.78 is 0. The van der Waals surface area contributed by atoms with Crippen LogP contribution < -0.4 is 0 Å². The lowest BCUT2D eigenvalue weighted by Crippen LogP contribution is -2.36. The van der Waals surface area contributed by atoms with Crippen molar-refractivity contribution in [3.8, 4) is 5.75 Å². The number of nitrogens with zero attached hydrogens (tertiary/aromatic N) is 1. The fraction of sp³-hybridized carbons (Fsp3) is 0.364. The highest BCUT2D eigenvalue weighted by molar-refractivity contribution is 6.27. The molecule has 2 rings (SSSR count). The summed E-state index contributed by atoms with van der Waals surface area (Å²) in [5.74, 6) is 0.296. The van der Waals surface area contributed by atoms with Crippen LogP contribution in [0.3, 0.4) is 0 Å². The van der Waals surface area contributed by atoms with Crippen molar-refractivity contribution < 1.29 is 9.90 Å². The van der Waals surface area contributed by atoms with Gasteiger partial charge in [0.2, 0.25) is 5.91 Å². The number of alkyl halides is 1. The van der Waals surface area contributed by atoms with Crippen LogP contribution in [0, 0.1) is 0 Å². The molecular formula is C11H12ClNO2. The van der Waals surface area contributed by atoms with Gasteiger partial charge in [-0.25, -0.2) is 0 Å². The summed E-state index contributed by atoms with van der Waals surface area (Å²) in [6.07, 6.45) is 0.699. The normalized spacial score (nSPS) is 14.9. The minimum atomic E-state index is -0.0503.